The minimum atomic E-state index is -1.40. The van der Waals surface area contributed by atoms with Gasteiger partial charge in [-0.2, -0.15) is 0 Å². The molecule has 0 fully saturated rings. The monoisotopic (exact) mass is 447 g/mol. The summed E-state index contributed by atoms with van der Waals surface area (Å²) < 4.78 is 22.4. The average Bonchev–Trinajstić information content (AvgIpc) is 3.24. The Kier molecular flexibility index (Phi) is 5.72. The van der Waals surface area contributed by atoms with Crippen molar-refractivity contribution in [1.29, 1.82) is 0 Å². The summed E-state index contributed by atoms with van der Waals surface area (Å²) in [6.45, 7) is 8.27. The summed E-state index contributed by atoms with van der Waals surface area (Å²) in [5.41, 5.74) is 1.97. The van der Waals surface area contributed by atoms with Crippen LogP contribution in [-0.2, 0) is 12.0 Å². The first-order chi connectivity index (χ1) is 15.6. The smallest absolute Gasteiger partial charge is 0.235 e. The third kappa shape index (κ3) is 4.77. The lowest BCUT2D eigenvalue weighted by Gasteiger charge is -2.23. The van der Waals surface area contributed by atoms with Crippen LogP contribution < -0.4 is 20.0 Å². The van der Waals surface area contributed by atoms with Gasteiger partial charge in [0.1, 0.15) is 47.4 Å². The molecule has 4 rings (SSSR count). The molecule has 33 heavy (non-hydrogen) atoms. The van der Waals surface area contributed by atoms with Crippen LogP contribution in [0, 0.1) is 6.92 Å². The lowest BCUT2D eigenvalue weighted by atomic mass is 9.85. The number of rotatable bonds is 6. The molecular weight excluding hydrogens is 424 g/mol. The number of carboxylic acids is 1. The van der Waals surface area contributed by atoms with Crippen LogP contribution in [0.2, 0.25) is 0 Å². The van der Waals surface area contributed by atoms with Crippen molar-refractivity contribution < 1.29 is 28.2 Å². The van der Waals surface area contributed by atoms with Crippen molar-refractivity contribution >= 4 is 16.9 Å². The van der Waals surface area contributed by atoms with Gasteiger partial charge in [0.05, 0.1) is 5.39 Å². The summed E-state index contributed by atoms with van der Waals surface area (Å²) in [6.07, 6.45) is 1.29. The van der Waals surface area contributed by atoms with E-state index < -0.39 is 5.97 Å². The van der Waals surface area contributed by atoms with Gasteiger partial charge in [0.15, 0.2) is 0 Å². The second kappa shape index (κ2) is 8.50. The molecule has 2 heterocycles. The molecule has 0 saturated carbocycles. The summed E-state index contributed by atoms with van der Waals surface area (Å²) in [4.78, 5) is 23.8. The predicted octanol–water partition coefficient (Wildman–Crippen LogP) is 4.73. The number of carbonyl (C=O) groups is 1. The molecule has 4 aromatic rings. The maximum Gasteiger partial charge on any atom is 0.235 e. The molecule has 0 bridgehead atoms. The Bertz CT molecular complexity index is 1390. The van der Waals surface area contributed by atoms with Crippen LogP contribution in [0.4, 0.5) is 0 Å². The van der Waals surface area contributed by atoms with Crippen molar-refractivity contribution in [3.05, 3.63) is 87.7 Å². The van der Waals surface area contributed by atoms with E-state index in [1.807, 2.05) is 19.1 Å². The maximum absolute atomic E-state index is 13.0. The fraction of sp³-hybridized carbons (Fsp3) is 0.231. The first kappa shape index (κ1) is 22.2. The molecule has 0 N–H and O–H groups in total. The first-order valence-electron chi connectivity index (χ1n) is 10.4. The number of fused-ring (bicyclic) bond motifs is 1. The Labute approximate surface area is 190 Å². The molecule has 2 aromatic heterocycles. The van der Waals surface area contributed by atoms with Gasteiger partial charge in [-0.05, 0) is 42.7 Å². The van der Waals surface area contributed by atoms with E-state index >= 15 is 0 Å². The van der Waals surface area contributed by atoms with Crippen LogP contribution in [0.3, 0.4) is 0 Å². The maximum atomic E-state index is 13.0. The zero-order valence-electron chi connectivity index (χ0n) is 18.8. The summed E-state index contributed by atoms with van der Waals surface area (Å²) in [7, 11) is 0. The summed E-state index contributed by atoms with van der Waals surface area (Å²) in [5, 5.41) is 11.1. The van der Waals surface area contributed by atoms with Crippen LogP contribution in [0.25, 0.3) is 11.0 Å². The highest BCUT2D eigenvalue weighted by atomic mass is 16.5. The van der Waals surface area contributed by atoms with Crippen molar-refractivity contribution in [2.45, 2.75) is 39.7 Å². The molecule has 0 aliphatic rings. The Hall–Kier alpha value is -4.00. The number of aromatic carboxylic acids is 1. The molecule has 2 aromatic carbocycles. The molecule has 170 valence electrons. The Morgan fingerprint density at radius 1 is 1.03 bits per heavy atom. The van der Waals surface area contributed by atoms with Crippen molar-refractivity contribution in [2.75, 3.05) is 0 Å². The second-order valence-corrected chi connectivity index (χ2v) is 8.78. The van der Waals surface area contributed by atoms with Gasteiger partial charge in [-0.15, -0.1) is 0 Å². The van der Waals surface area contributed by atoms with E-state index in [4.69, 9.17) is 18.3 Å². The van der Waals surface area contributed by atoms with Crippen LogP contribution in [0.1, 0.15) is 48.2 Å². The first-order valence-corrected chi connectivity index (χ1v) is 10.4. The SMILES string of the molecule is Cc1ccc(Oc2coc3cc(OCc4ccc(C(=O)[O-])o4)ccc3c2=O)c(C(C)(C)C)c1. The Morgan fingerprint density at radius 3 is 2.52 bits per heavy atom. The normalized spacial score (nSPS) is 11.5. The number of carboxylic acid groups (broad SMARTS) is 1. The van der Waals surface area contributed by atoms with E-state index in [0.717, 1.165) is 11.1 Å². The lowest BCUT2D eigenvalue weighted by Crippen LogP contribution is -2.21. The van der Waals surface area contributed by atoms with Gasteiger partial charge in [0, 0.05) is 11.6 Å². The number of hydrogen-bond acceptors (Lipinski definition) is 7. The number of hydrogen-bond donors (Lipinski definition) is 0. The Balaban J connectivity index is 1.57. The fourth-order valence-corrected chi connectivity index (χ4v) is 3.41. The van der Waals surface area contributed by atoms with Crippen LogP contribution >= 0.6 is 0 Å². The fourth-order valence-electron chi connectivity index (χ4n) is 3.41. The van der Waals surface area contributed by atoms with Crippen LogP contribution in [0.15, 0.2) is 68.4 Å². The summed E-state index contributed by atoms with van der Waals surface area (Å²) in [5.74, 6) is -0.211. The van der Waals surface area contributed by atoms with Gasteiger partial charge in [0.25, 0.3) is 0 Å². The number of carbonyl (C=O) groups excluding carboxylic acids is 1. The number of benzene rings is 2. The topological polar surface area (TPSA) is 102 Å². The van der Waals surface area contributed by atoms with Gasteiger partial charge in [0.2, 0.25) is 11.2 Å². The molecule has 0 amide bonds. The van der Waals surface area contributed by atoms with Crippen molar-refractivity contribution in [1.82, 2.24) is 0 Å². The van der Waals surface area contributed by atoms with E-state index in [2.05, 4.69) is 26.8 Å². The largest absolute Gasteiger partial charge is 0.542 e. The minimum Gasteiger partial charge on any atom is -0.542 e. The molecule has 7 heteroatoms. The molecule has 0 unspecified atom stereocenters. The summed E-state index contributed by atoms with van der Waals surface area (Å²) >= 11 is 0. The standard InChI is InChI=1S/C26H24O7/c1-15-5-9-20(19(11-15)26(2,3)4)33-23-14-31-22-12-16(6-8-18(22)24(23)27)30-13-17-7-10-21(32-17)25(28)29/h5-12,14H,13H2,1-4H3,(H,28,29)/p-1. The quantitative estimate of drug-likeness (QED) is 0.421. The third-order valence-corrected chi connectivity index (χ3v) is 5.12. The van der Waals surface area contributed by atoms with Gasteiger partial charge in [-0.25, -0.2) is 0 Å². The highest BCUT2D eigenvalue weighted by Gasteiger charge is 2.21. The van der Waals surface area contributed by atoms with Crippen molar-refractivity contribution in [2.24, 2.45) is 0 Å². The van der Waals surface area contributed by atoms with E-state index in [1.54, 1.807) is 18.2 Å². The molecular formula is C26H23O7-. The van der Waals surface area contributed by atoms with Crippen molar-refractivity contribution in [3.8, 4) is 17.2 Å². The van der Waals surface area contributed by atoms with Crippen LogP contribution in [0.5, 0.6) is 17.2 Å². The Morgan fingerprint density at radius 2 is 1.82 bits per heavy atom. The van der Waals surface area contributed by atoms with Gasteiger partial charge >= 0.3 is 0 Å². The van der Waals surface area contributed by atoms with E-state index in [9.17, 15) is 14.7 Å². The molecule has 0 aliphatic carbocycles. The predicted molar refractivity (Wildman–Crippen MR) is 120 cm³/mol. The molecule has 0 spiro atoms. The molecule has 0 saturated heterocycles. The second-order valence-electron chi connectivity index (χ2n) is 8.78. The van der Waals surface area contributed by atoms with E-state index in [-0.39, 0.29) is 29.0 Å². The van der Waals surface area contributed by atoms with E-state index in [0.29, 0.717) is 28.2 Å². The summed E-state index contributed by atoms with van der Waals surface area (Å²) in [6, 6.07) is 13.4. The molecule has 0 radical (unpaired) electrons. The minimum absolute atomic E-state index is 0.00716. The third-order valence-electron chi connectivity index (χ3n) is 5.12. The zero-order valence-corrected chi connectivity index (χ0v) is 18.8. The van der Waals surface area contributed by atoms with Crippen LogP contribution in [-0.4, -0.2) is 5.97 Å². The van der Waals surface area contributed by atoms with Gasteiger partial charge < -0.3 is 28.2 Å². The van der Waals surface area contributed by atoms with Crippen molar-refractivity contribution in [3.63, 3.8) is 0 Å². The highest BCUT2D eigenvalue weighted by Crippen LogP contribution is 2.34. The van der Waals surface area contributed by atoms with E-state index in [1.165, 1.54) is 18.4 Å². The van der Waals surface area contributed by atoms with Gasteiger partial charge in [-0.3, -0.25) is 4.79 Å². The molecule has 0 atom stereocenters. The molecule has 7 nitrogen and oxygen atoms in total. The number of aryl methyl sites for hydroxylation is 1. The highest BCUT2D eigenvalue weighted by molar-refractivity contribution is 5.82. The lowest BCUT2D eigenvalue weighted by molar-refractivity contribution is -0.257. The average molecular weight is 447 g/mol. The molecule has 0 aliphatic heterocycles. The zero-order chi connectivity index (χ0) is 23.8. The van der Waals surface area contributed by atoms with Gasteiger partial charge in [-0.1, -0.05) is 38.5 Å². The number of ether oxygens (including phenoxy) is 2. The number of furan rings is 1.